The standard InChI is InChI=1S/C15H20ClNO4/c1-15(2,3)21-14(20)17-12(9-13(18)19)8-10-4-6-11(16)7-5-10/h4-7,12H,8-9H2,1-3H3,(H,17,20)(H,18,19)/p-1/t12-/m1/s1. The van der Waals surface area contributed by atoms with Crippen LogP contribution in [0.15, 0.2) is 24.3 Å². The van der Waals surface area contributed by atoms with Crippen molar-refractivity contribution in [1.82, 2.24) is 5.32 Å². The fraction of sp³-hybridized carbons (Fsp3) is 0.467. The van der Waals surface area contributed by atoms with Gasteiger partial charge in [-0.3, -0.25) is 0 Å². The second kappa shape index (κ2) is 7.31. The number of carboxylic acid groups (broad SMARTS) is 1. The molecule has 116 valence electrons. The number of rotatable bonds is 5. The fourth-order valence-electron chi connectivity index (χ4n) is 1.75. The maximum atomic E-state index is 11.7. The predicted octanol–water partition coefficient (Wildman–Crippen LogP) is 1.92. The summed E-state index contributed by atoms with van der Waals surface area (Å²) in [5.41, 5.74) is 0.220. The number of amides is 1. The molecule has 5 nitrogen and oxygen atoms in total. The Balaban J connectivity index is 2.69. The van der Waals surface area contributed by atoms with Crippen molar-refractivity contribution < 1.29 is 19.4 Å². The average molecular weight is 313 g/mol. The highest BCUT2D eigenvalue weighted by Gasteiger charge is 2.20. The summed E-state index contributed by atoms with van der Waals surface area (Å²) in [6.07, 6.45) is -0.588. The highest BCUT2D eigenvalue weighted by molar-refractivity contribution is 6.30. The molecular weight excluding hydrogens is 294 g/mol. The Morgan fingerprint density at radius 1 is 1.29 bits per heavy atom. The van der Waals surface area contributed by atoms with Crippen LogP contribution < -0.4 is 10.4 Å². The number of benzene rings is 1. The van der Waals surface area contributed by atoms with Crippen molar-refractivity contribution in [2.24, 2.45) is 0 Å². The lowest BCUT2D eigenvalue weighted by atomic mass is 10.0. The zero-order valence-corrected chi connectivity index (χ0v) is 13.1. The van der Waals surface area contributed by atoms with Gasteiger partial charge >= 0.3 is 6.09 Å². The molecule has 0 spiro atoms. The first-order valence-electron chi connectivity index (χ1n) is 6.59. The molecule has 0 saturated heterocycles. The first-order chi connectivity index (χ1) is 9.65. The lowest BCUT2D eigenvalue weighted by Crippen LogP contribution is -2.43. The second-order valence-electron chi connectivity index (χ2n) is 5.75. The molecule has 0 aromatic heterocycles. The molecule has 0 bridgehead atoms. The SMILES string of the molecule is CC(C)(C)OC(=O)N[C@@H](CC(=O)[O-])Cc1ccc(Cl)cc1. The van der Waals surface area contributed by atoms with Gasteiger partial charge in [0, 0.05) is 23.5 Å². The zero-order valence-electron chi connectivity index (χ0n) is 12.3. The number of halogens is 1. The first-order valence-corrected chi connectivity index (χ1v) is 6.97. The first kappa shape index (κ1) is 17.3. The minimum Gasteiger partial charge on any atom is -0.550 e. The molecule has 1 atom stereocenters. The van der Waals surface area contributed by atoms with Crippen molar-refractivity contribution >= 4 is 23.7 Å². The van der Waals surface area contributed by atoms with E-state index in [-0.39, 0.29) is 6.42 Å². The van der Waals surface area contributed by atoms with E-state index in [2.05, 4.69) is 5.32 Å². The molecule has 0 radical (unpaired) electrons. The van der Waals surface area contributed by atoms with Crippen molar-refractivity contribution in [3.63, 3.8) is 0 Å². The highest BCUT2D eigenvalue weighted by atomic mass is 35.5. The average Bonchev–Trinajstić information content (AvgIpc) is 2.28. The Morgan fingerprint density at radius 2 is 1.86 bits per heavy atom. The third kappa shape index (κ3) is 7.56. The van der Waals surface area contributed by atoms with Gasteiger partial charge in [0.05, 0.1) is 0 Å². The van der Waals surface area contributed by atoms with Crippen molar-refractivity contribution in [1.29, 1.82) is 0 Å². The van der Waals surface area contributed by atoms with E-state index >= 15 is 0 Å². The zero-order chi connectivity index (χ0) is 16.0. The summed E-state index contributed by atoms with van der Waals surface area (Å²) in [5, 5.41) is 13.9. The summed E-state index contributed by atoms with van der Waals surface area (Å²) < 4.78 is 5.12. The van der Waals surface area contributed by atoms with Crippen LogP contribution in [-0.2, 0) is 16.0 Å². The normalized spacial score (nSPS) is 12.6. The lowest BCUT2D eigenvalue weighted by Gasteiger charge is -2.24. The van der Waals surface area contributed by atoms with Gasteiger partial charge in [0.15, 0.2) is 0 Å². The van der Waals surface area contributed by atoms with Crippen LogP contribution >= 0.6 is 11.6 Å². The van der Waals surface area contributed by atoms with Crippen LogP contribution in [0.5, 0.6) is 0 Å². The molecule has 6 heteroatoms. The summed E-state index contributed by atoms with van der Waals surface area (Å²) in [5.74, 6) is -1.23. The molecule has 1 rings (SSSR count). The number of aliphatic carboxylic acids is 1. The van der Waals surface area contributed by atoms with Crippen LogP contribution in [0.3, 0.4) is 0 Å². The molecule has 0 heterocycles. The molecule has 0 aliphatic carbocycles. The van der Waals surface area contributed by atoms with E-state index in [1.54, 1.807) is 45.0 Å². The molecule has 0 aliphatic heterocycles. The summed E-state index contributed by atoms with van der Waals surface area (Å²) in [7, 11) is 0. The van der Waals surface area contributed by atoms with Crippen molar-refractivity contribution in [3.8, 4) is 0 Å². The van der Waals surface area contributed by atoms with Gasteiger partial charge in [0.2, 0.25) is 0 Å². The summed E-state index contributed by atoms with van der Waals surface area (Å²) >= 11 is 5.80. The van der Waals surface area contributed by atoms with Gasteiger partial charge < -0.3 is 20.0 Å². The van der Waals surface area contributed by atoms with Crippen molar-refractivity contribution in [3.05, 3.63) is 34.9 Å². The number of alkyl carbamates (subject to hydrolysis) is 1. The molecule has 0 unspecified atom stereocenters. The van der Waals surface area contributed by atoms with E-state index in [1.807, 2.05) is 0 Å². The minimum atomic E-state index is -1.23. The van der Waals surface area contributed by atoms with Crippen LogP contribution in [0.1, 0.15) is 32.8 Å². The topological polar surface area (TPSA) is 78.5 Å². The van der Waals surface area contributed by atoms with E-state index < -0.39 is 23.7 Å². The smallest absolute Gasteiger partial charge is 0.407 e. The van der Waals surface area contributed by atoms with Crippen LogP contribution in [0.4, 0.5) is 4.79 Å². The molecule has 0 aliphatic rings. The lowest BCUT2D eigenvalue weighted by molar-refractivity contribution is -0.306. The Hall–Kier alpha value is -1.75. The van der Waals surface area contributed by atoms with Gasteiger partial charge in [-0.25, -0.2) is 4.79 Å². The Bertz CT molecular complexity index is 493. The Labute approximate surface area is 129 Å². The van der Waals surface area contributed by atoms with E-state index in [4.69, 9.17) is 16.3 Å². The number of carbonyl (C=O) groups is 2. The number of carboxylic acids is 1. The van der Waals surface area contributed by atoms with E-state index in [0.717, 1.165) is 5.56 Å². The van der Waals surface area contributed by atoms with Gasteiger partial charge in [0.1, 0.15) is 5.60 Å². The molecule has 1 amide bonds. The summed E-state index contributed by atoms with van der Waals surface area (Å²) in [6, 6.07) is 6.37. The van der Waals surface area contributed by atoms with E-state index in [0.29, 0.717) is 11.4 Å². The number of hydrogen-bond donors (Lipinski definition) is 1. The Kier molecular flexibility index (Phi) is 6.03. The third-order valence-corrected chi connectivity index (χ3v) is 2.78. The van der Waals surface area contributed by atoms with Gasteiger partial charge in [-0.05, 0) is 44.9 Å². The maximum absolute atomic E-state index is 11.7. The minimum absolute atomic E-state index is 0.290. The molecule has 1 aromatic rings. The van der Waals surface area contributed by atoms with E-state index in [1.165, 1.54) is 0 Å². The van der Waals surface area contributed by atoms with Gasteiger partial charge in [-0.1, -0.05) is 23.7 Å². The quantitative estimate of drug-likeness (QED) is 0.901. The van der Waals surface area contributed by atoms with Gasteiger partial charge in [0.25, 0.3) is 0 Å². The third-order valence-electron chi connectivity index (χ3n) is 2.53. The van der Waals surface area contributed by atoms with Gasteiger partial charge in [-0.2, -0.15) is 0 Å². The molecule has 21 heavy (non-hydrogen) atoms. The van der Waals surface area contributed by atoms with Crippen LogP contribution in [-0.4, -0.2) is 23.7 Å². The number of nitrogens with one attached hydrogen (secondary N) is 1. The monoisotopic (exact) mass is 312 g/mol. The van der Waals surface area contributed by atoms with Crippen LogP contribution in [0, 0.1) is 0 Å². The molecule has 1 N–H and O–H groups in total. The molecule has 0 fully saturated rings. The summed E-state index contributed by atoms with van der Waals surface area (Å²) in [6.45, 7) is 5.21. The van der Waals surface area contributed by atoms with Crippen molar-refractivity contribution in [2.75, 3.05) is 0 Å². The molecule has 1 aromatic carbocycles. The summed E-state index contributed by atoms with van der Waals surface area (Å²) in [4.78, 5) is 22.5. The van der Waals surface area contributed by atoms with Crippen LogP contribution in [0.25, 0.3) is 0 Å². The largest absolute Gasteiger partial charge is 0.550 e. The maximum Gasteiger partial charge on any atom is 0.407 e. The highest BCUT2D eigenvalue weighted by Crippen LogP contribution is 2.13. The number of hydrogen-bond acceptors (Lipinski definition) is 4. The fourth-order valence-corrected chi connectivity index (χ4v) is 1.88. The van der Waals surface area contributed by atoms with Crippen LogP contribution in [0.2, 0.25) is 5.02 Å². The molecular formula is C15H19ClNO4-. The second-order valence-corrected chi connectivity index (χ2v) is 6.19. The Morgan fingerprint density at radius 3 is 2.33 bits per heavy atom. The van der Waals surface area contributed by atoms with Crippen molar-refractivity contribution in [2.45, 2.75) is 45.3 Å². The van der Waals surface area contributed by atoms with E-state index in [9.17, 15) is 14.7 Å². The number of carbonyl (C=O) groups excluding carboxylic acids is 2. The predicted molar refractivity (Wildman–Crippen MR) is 77.9 cm³/mol. The number of ether oxygens (including phenoxy) is 1. The van der Waals surface area contributed by atoms with Gasteiger partial charge in [-0.15, -0.1) is 0 Å². The molecule has 0 saturated carbocycles.